The molecule has 3 rings (SSSR count). The van der Waals surface area contributed by atoms with Gasteiger partial charge in [0.2, 0.25) is 15.9 Å². The first-order valence-corrected chi connectivity index (χ1v) is 12.2. The Morgan fingerprint density at radius 3 is 2.55 bits per heavy atom. The number of sulfonamides is 1. The van der Waals surface area contributed by atoms with Gasteiger partial charge in [-0.3, -0.25) is 14.2 Å². The number of nitrogens with zero attached hydrogens (tertiary/aromatic N) is 3. The Kier molecular flexibility index (Phi) is 7.72. The van der Waals surface area contributed by atoms with Gasteiger partial charge >= 0.3 is 0 Å². The van der Waals surface area contributed by atoms with Gasteiger partial charge in [0.15, 0.2) is 0 Å². The molecule has 0 saturated heterocycles. The molecule has 0 radical (unpaired) electrons. The highest BCUT2D eigenvalue weighted by atomic mass is 35.5. The van der Waals surface area contributed by atoms with Crippen LogP contribution >= 0.6 is 11.6 Å². The van der Waals surface area contributed by atoms with Crippen LogP contribution in [0.4, 0.5) is 5.69 Å². The molecule has 0 unspecified atom stereocenters. The van der Waals surface area contributed by atoms with Crippen LogP contribution in [-0.2, 0) is 21.4 Å². The fourth-order valence-corrected chi connectivity index (χ4v) is 5.15. The molecule has 1 amide bonds. The van der Waals surface area contributed by atoms with Crippen molar-refractivity contribution in [3.05, 3.63) is 58.1 Å². The minimum atomic E-state index is -3.82. The summed E-state index contributed by atoms with van der Waals surface area (Å²) in [6.07, 6.45) is 1.27. The van der Waals surface area contributed by atoms with Gasteiger partial charge in [-0.1, -0.05) is 25.4 Å². The van der Waals surface area contributed by atoms with E-state index in [1.807, 2.05) is 0 Å². The van der Waals surface area contributed by atoms with Crippen LogP contribution in [0.5, 0.6) is 5.75 Å². The van der Waals surface area contributed by atoms with E-state index in [-0.39, 0.29) is 35.0 Å². The standard InChI is InChI=1S/C22H25ClN4O5S/c1-4-27(5-2)33(30,31)20-12-16(8-10-19(20)32-6-3)25-21(28)13-26-14-24-18-11-15(23)7-9-17(18)22(26)29/h7-12,14H,4-6,13H2,1-3H3,(H,25,28). The molecule has 0 fully saturated rings. The van der Waals surface area contributed by atoms with Gasteiger partial charge in [0.1, 0.15) is 17.2 Å². The van der Waals surface area contributed by atoms with Gasteiger partial charge in [-0.05, 0) is 43.3 Å². The van der Waals surface area contributed by atoms with Gasteiger partial charge in [0.25, 0.3) is 5.56 Å². The maximum Gasteiger partial charge on any atom is 0.261 e. The second-order valence-corrected chi connectivity index (χ2v) is 9.41. The van der Waals surface area contributed by atoms with E-state index in [1.54, 1.807) is 45.0 Å². The number of aromatic nitrogens is 2. The zero-order chi connectivity index (χ0) is 24.2. The quantitative estimate of drug-likeness (QED) is 0.491. The van der Waals surface area contributed by atoms with Gasteiger partial charge in [0, 0.05) is 23.8 Å². The Balaban J connectivity index is 1.88. The molecular weight excluding hydrogens is 468 g/mol. The Morgan fingerprint density at radius 1 is 1.15 bits per heavy atom. The van der Waals surface area contributed by atoms with Crippen molar-refractivity contribution in [2.75, 3.05) is 25.0 Å². The minimum absolute atomic E-state index is 0.0349. The molecule has 0 aliphatic heterocycles. The smallest absolute Gasteiger partial charge is 0.261 e. The molecule has 0 atom stereocenters. The number of amides is 1. The van der Waals surface area contributed by atoms with Crippen LogP contribution in [0.2, 0.25) is 5.02 Å². The number of rotatable bonds is 9. The van der Waals surface area contributed by atoms with Gasteiger partial charge < -0.3 is 10.1 Å². The van der Waals surface area contributed by atoms with Gasteiger partial charge in [-0.2, -0.15) is 4.31 Å². The van der Waals surface area contributed by atoms with E-state index in [9.17, 15) is 18.0 Å². The lowest BCUT2D eigenvalue weighted by atomic mass is 10.2. The number of fused-ring (bicyclic) bond motifs is 1. The van der Waals surface area contributed by atoms with E-state index in [1.165, 1.54) is 27.3 Å². The predicted octanol–water partition coefficient (Wildman–Crippen LogP) is 3.12. The fourth-order valence-electron chi connectivity index (χ4n) is 3.36. The molecule has 0 spiro atoms. The lowest BCUT2D eigenvalue weighted by Crippen LogP contribution is -2.31. The highest BCUT2D eigenvalue weighted by Crippen LogP contribution is 2.30. The summed E-state index contributed by atoms with van der Waals surface area (Å²) in [7, 11) is -3.82. The van der Waals surface area contributed by atoms with Crippen molar-refractivity contribution < 1.29 is 17.9 Å². The zero-order valence-corrected chi connectivity index (χ0v) is 20.1. The molecule has 33 heavy (non-hydrogen) atoms. The van der Waals surface area contributed by atoms with Crippen LogP contribution in [0.15, 0.2) is 52.4 Å². The first-order valence-electron chi connectivity index (χ1n) is 10.4. The third-order valence-electron chi connectivity index (χ3n) is 4.95. The van der Waals surface area contributed by atoms with E-state index in [0.29, 0.717) is 29.0 Å². The third kappa shape index (κ3) is 5.35. The topological polar surface area (TPSA) is 111 Å². The first kappa shape index (κ1) is 24.7. The van der Waals surface area contributed by atoms with E-state index in [4.69, 9.17) is 16.3 Å². The predicted molar refractivity (Wildman–Crippen MR) is 127 cm³/mol. The van der Waals surface area contributed by atoms with Crippen LogP contribution in [0.3, 0.4) is 0 Å². The van der Waals surface area contributed by atoms with Gasteiger partial charge in [-0.15, -0.1) is 0 Å². The zero-order valence-electron chi connectivity index (χ0n) is 18.5. The van der Waals surface area contributed by atoms with E-state index >= 15 is 0 Å². The molecular formula is C22H25ClN4O5S. The highest BCUT2D eigenvalue weighted by Gasteiger charge is 2.26. The number of carbonyl (C=O) groups excluding carboxylic acids is 1. The number of anilines is 1. The average Bonchev–Trinajstić information content (AvgIpc) is 2.77. The van der Waals surface area contributed by atoms with Crippen molar-refractivity contribution in [1.29, 1.82) is 0 Å². The number of nitrogens with one attached hydrogen (secondary N) is 1. The SMILES string of the molecule is CCOc1ccc(NC(=O)Cn2cnc3cc(Cl)ccc3c2=O)cc1S(=O)(=O)N(CC)CC. The van der Waals surface area contributed by atoms with Crippen LogP contribution < -0.4 is 15.6 Å². The van der Waals surface area contributed by atoms with Crippen LogP contribution in [-0.4, -0.2) is 47.9 Å². The summed E-state index contributed by atoms with van der Waals surface area (Å²) in [6.45, 7) is 5.83. The summed E-state index contributed by atoms with van der Waals surface area (Å²) >= 11 is 5.93. The van der Waals surface area contributed by atoms with E-state index < -0.39 is 15.9 Å². The second-order valence-electron chi connectivity index (χ2n) is 7.07. The van der Waals surface area contributed by atoms with Crippen LogP contribution in [0.25, 0.3) is 10.9 Å². The Hall–Kier alpha value is -2.95. The van der Waals surface area contributed by atoms with Crippen LogP contribution in [0.1, 0.15) is 20.8 Å². The Bertz CT molecular complexity index is 1340. The van der Waals surface area contributed by atoms with Crippen molar-refractivity contribution in [3.8, 4) is 5.75 Å². The molecule has 0 bridgehead atoms. The molecule has 1 N–H and O–H groups in total. The van der Waals surface area contributed by atoms with Crippen molar-refractivity contribution in [3.63, 3.8) is 0 Å². The Morgan fingerprint density at radius 2 is 1.88 bits per heavy atom. The van der Waals surface area contributed by atoms with Crippen LogP contribution in [0, 0.1) is 0 Å². The largest absolute Gasteiger partial charge is 0.492 e. The molecule has 2 aromatic carbocycles. The number of hydrogen-bond donors (Lipinski definition) is 1. The number of ether oxygens (including phenoxy) is 1. The highest BCUT2D eigenvalue weighted by molar-refractivity contribution is 7.89. The van der Waals surface area contributed by atoms with Gasteiger partial charge in [-0.25, -0.2) is 13.4 Å². The maximum atomic E-state index is 13.1. The second kappa shape index (κ2) is 10.3. The monoisotopic (exact) mass is 492 g/mol. The lowest BCUT2D eigenvalue weighted by Gasteiger charge is -2.21. The molecule has 1 heterocycles. The first-order chi connectivity index (χ1) is 15.7. The number of halogens is 1. The minimum Gasteiger partial charge on any atom is -0.492 e. The summed E-state index contributed by atoms with van der Waals surface area (Å²) < 4.78 is 34.1. The molecule has 9 nitrogen and oxygen atoms in total. The van der Waals surface area contributed by atoms with Crippen molar-refractivity contribution in [1.82, 2.24) is 13.9 Å². The molecule has 1 aromatic heterocycles. The fraction of sp³-hybridized carbons (Fsp3) is 0.318. The summed E-state index contributed by atoms with van der Waals surface area (Å²) in [5.74, 6) is -0.307. The molecule has 176 valence electrons. The summed E-state index contributed by atoms with van der Waals surface area (Å²) in [4.78, 5) is 29.4. The lowest BCUT2D eigenvalue weighted by molar-refractivity contribution is -0.116. The molecule has 0 aliphatic carbocycles. The van der Waals surface area contributed by atoms with Gasteiger partial charge in [0.05, 0.1) is 23.8 Å². The summed E-state index contributed by atoms with van der Waals surface area (Å²) in [6, 6.07) is 9.12. The van der Waals surface area contributed by atoms with Crippen molar-refractivity contribution in [2.45, 2.75) is 32.2 Å². The van der Waals surface area contributed by atoms with E-state index in [2.05, 4.69) is 10.3 Å². The molecule has 3 aromatic rings. The molecule has 11 heteroatoms. The summed E-state index contributed by atoms with van der Waals surface area (Å²) in [5.41, 5.74) is 0.313. The van der Waals surface area contributed by atoms with Crippen molar-refractivity contribution in [2.24, 2.45) is 0 Å². The normalized spacial score (nSPS) is 11.7. The van der Waals surface area contributed by atoms with Crippen molar-refractivity contribution >= 4 is 44.1 Å². The summed E-state index contributed by atoms with van der Waals surface area (Å²) in [5, 5.41) is 3.44. The van der Waals surface area contributed by atoms with E-state index in [0.717, 1.165) is 0 Å². The number of hydrogen-bond acceptors (Lipinski definition) is 6. The number of benzene rings is 2. The maximum absolute atomic E-state index is 13.1. The average molecular weight is 493 g/mol. The Labute approximate surface area is 197 Å². The third-order valence-corrected chi connectivity index (χ3v) is 7.26. The molecule has 0 saturated carbocycles. The molecule has 0 aliphatic rings. The number of carbonyl (C=O) groups is 1.